The maximum atomic E-state index is 12.7. The van der Waals surface area contributed by atoms with Gasteiger partial charge in [-0.15, -0.1) is 0 Å². The highest BCUT2D eigenvalue weighted by Gasteiger charge is 2.26. The molecule has 0 spiro atoms. The van der Waals surface area contributed by atoms with Crippen molar-refractivity contribution in [3.8, 4) is 0 Å². The number of nitrogens with one attached hydrogen (secondary N) is 2. The second kappa shape index (κ2) is 9.01. The molecule has 5 nitrogen and oxygen atoms in total. The number of hydrogen-bond donors (Lipinski definition) is 2. The van der Waals surface area contributed by atoms with Gasteiger partial charge < -0.3 is 10.6 Å². The highest BCUT2D eigenvalue weighted by molar-refractivity contribution is 6.36. The first-order chi connectivity index (χ1) is 12.3. The van der Waals surface area contributed by atoms with E-state index >= 15 is 0 Å². The van der Waals surface area contributed by atoms with Crippen LogP contribution in [0.2, 0.25) is 10.0 Å². The Morgan fingerprint density at radius 1 is 1.08 bits per heavy atom. The second-order valence-electron chi connectivity index (χ2n) is 6.34. The first kappa shape index (κ1) is 20.2. The van der Waals surface area contributed by atoms with Crippen molar-refractivity contribution in [2.24, 2.45) is 5.92 Å². The van der Waals surface area contributed by atoms with Gasteiger partial charge in [-0.2, -0.15) is 0 Å². The molecule has 0 saturated heterocycles. The van der Waals surface area contributed by atoms with E-state index in [0.717, 1.165) is 5.56 Å². The number of carbonyl (C=O) groups is 2. The highest BCUT2D eigenvalue weighted by atomic mass is 35.5. The van der Waals surface area contributed by atoms with Crippen LogP contribution in [0.3, 0.4) is 0 Å². The molecule has 26 heavy (non-hydrogen) atoms. The zero-order valence-electron chi connectivity index (χ0n) is 14.8. The molecule has 2 N–H and O–H groups in total. The van der Waals surface area contributed by atoms with Gasteiger partial charge in [0, 0.05) is 17.4 Å². The maximum Gasteiger partial charge on any atom is 0.253 e. The van der Waals surface area contributed by atoms with Gasteiger partial charge in [-0.25, -0.2) is 0 Å². The third-order valence-corrected chi connectivity index (χ3v) is 4.50. The van der Waals surface area contributed by atoms with Gasteiger partial charge in [-0.3, -0.25) is 14.6 Å². The molecule has 0 saturated carbocycles. The first-order valence-corrected chi connectivity index (χ1v) is 9.01. The van der Waals surface area contributed by atoms with Gasteiger partial charge in [0.2, 0.25) is 5.91 Å². The molecular weight excluding hydrogens is 373 g/mol. The lowest BCUT2D eigenvalue weighted by molar-refractivity contribution is -0.124. The fourth-order valence-electron chi connectivity index (χ4n) is 2.45. The fourth-order valence-corrected chi connectivity index (χ4v) is 2.94. The van der Waals surface area contributed by atoms with Gasteiger partial charge in [-0.05, 0) is 42.7 Å². The lowest BCUT2D eigenvalue weighted by Crippen LogP contribution is -2.50. The molecule has 1 aromatic heterocycles. The summed E-state index contributed by atoms with van der Waals surface area (Å²) in [6.45, 7) is 5.59. The van der Waals surface area contributed by atoms with Crippen LogP contribution < -0.4 is 10.6 Å². The van der Waals surface area contributed by atoms with Crippen LogP contribution in [-0.4, -0.2) is 22.8 Å². The van der Waals surface area contributed by atoms with Crippen molar-refractivity contribution in [1.29, 1.82) is 0 Å². The molecular formula is C19H21Cl2N3O2. The average Bonchev–Trinajstić information content (AvgIpc) is 2.59. The lowest BCUT2D eigenvalue weighted by Gasteiger charge is -2.24. The van der Waals surface area contributed by atoms with E-state index in [2.05, 4.69) is 15.6 Å². The summed E-state index contributed by atoms with van der Waals surface area (Å²) in [6.07, 6.45) is 3.37. The van der Waals surface area contributed by atoms with Crippen LogP contribution in [0.1, 0.15) is 42.7 Å². The monoisotopic (exact) mass is 393 g/mol. The van der Waals surface area contributed by atoms with Crippen molar-refractivity contribution in [3.05, 3.63) is 63.9 Å². The zero-order chi connectivity index (χ0) is 19.3. The Hall–Kier alpha value is -2.11. The van der Waals surface area contributed by atoms with E-state index in [9.17, 15) is 9.59 Å². The number of amides is 2. The summed E-state index contributed by atoms with van der Waals surface area (Å²) >= 11 is 11.9. The van der Waals surface area contributed by atoms with E-state index in [0.29, 0.717) is 5.02 Å². The largest absolute Gasteiger partial charge is 0.348 e. The second-order valence-corrected chi connectivity index (χ2v) is 7.18. The molecule has 0 fully saturated rings. The van der Waals surface area contributed by atoms with Gasteiger partial charge in [0.05, 0.1) is 16.6 Å². The van der Waals surface area contributed by atoms with E-state index in [1.165, 1.54) is 12.1 Å². The molecule has 0 aliphatic heterocycles. The van der Waals surface area contributed by atoms with Crippen molar-refractivity contribution >= 4 is 35.0 Å². The molecule has 0 aliphatic carbocycles. The summed E-state index contributed by atoms with van der Waals surface area (Å²) in [4.78, 5) is 29.2. The van der Waals surface area contributed by atoms with Gasteiger partial charge in [0.15, 0.2) is 0 Å². The third kappa shape index (κ3) is 5.19. The molecule has 138 valence electrons. The Morgan fingerprint density at radius 2 is 1.81 bits per heavy atom. The highest BCUT2D eigenvalue weighted by Crippen LogP contribution is 2.21. The molecule has 1 aromatic carbocycles. The first-order valence-electron chi connectivity index (χ1n) is 8.25. The summed E-state index contributed by atoms with van der Waals surface area (Å²) in [5.41, 5.74) is 1.16. The van der Waals surface area contributed by atoms with Gasteiger partial charge >= 0.3 is 0 Å². The van der Waals surface area contributed by atoms with E-state index < -0.39 is 11.9 Å². The minimum atomic E-state index is -0.701. The maximum absolute atomic E-state index is 12.7. The topological polar surface area (TPSA) is 71.1 Å². The predicted molar refractivity (Wildman–Crippen MR) is 103 cm³/mol. The Bertz CT molecular complexity index is 782. The van der Waals surface area contributed by atoms with E-state index in [4.69, 9.17) is 23.2 Å². The van der Waals surface area contributed by atoms with Gasteiger partial charge in [0.1, 0.15) is 6.04 Å². The molecule has 2 atom stereocenters. The van der Waals surface area contributed by atoms with E-state index in [-0.39, 0.29) is 28.5 Å². The van der Waals surface area contributed by atoms with Crippen LogP contribution in [0, 0.1) is 5.92 Å². The number of nitrogens with zero attached hydrogens (tertiary/aromatic N) is 1. The van der Waals surface area contributed by atoms with Crippen LogP contribution in [0.15, 0.2) is 42.7 Å². The summed E-state index contributed by atoms with van der Waals surface area (Å²) < 4.78 is 0. The molecule has 2 unspecified atom stereocenters. The quantitative estimate of drug-likeness (QED) is 0.778. The van der Waals surface area contributed by atoms with Crippen LogP contribution in [0.5, 0.6) is 0 Å². The molecule has 0 aliphatic rings. The number of halogens is 2. The van der Waals surface area contributed by atoms with Crippen molar-refractivity contribution in [2.75, 3.05) is 0 Å². The number of hydrogen-bond acceptors (Lipinski definition) is 3. The Balaban J connectivity index is 2.10. The Labute approximate surface area is 163 Å². The molecule has 2 aromatic rings. The van der Waals surface area contributed by atoms with Crippen molar-refractivity contribution in [3.63, 3.8) is 0 Å². The standard InChI is InChI=1S/C19H21Cl2N3O2/c1-11(2)17(19(26)23-12(3)13-5-4-8-22-10-13)24-18(25)15-7-6-14(20)9-16(15)21/h4-12,17H,1-3H3,(H,23,26)(H,24,25). The smallest absolute Gasteiger partial charge is 0.253 e. The fraction of sp³-hybridized carbons (Fsp3) is 0.316. The van der Waals surface area contributed by atoms with Crippen LogP contribution >= 0.6 is 23.2 Å². The molecule has 7 heteroatoms. The molecule has 0 bridgehead atoms. The lowest BCUT2D eigenvalue weighted by atomic mass is 10.0. The van der Waals surface area contributed by atoms with Crippen LogP contribution in [0.25, 0.3) is 0 Å². The van der Waals surface area contributed by atoms with Gasteiger partial charge in [0.25, 0.3) is 5.91 Å². The molecule has 0 radical (unpaired) electrons. The minimum absolute atomic E-state index is 0.105. The molecule has 2 amide bonds. The normalized spacial score (nSPS) is 13.2. The number of benzene rings is 1. The summed E-state index contributed by atoms with van der Waals surface area (Å²) in [7, 11) is 0. The number of aromatic nitrogens is 1. The zero-order valence-corrected chi connectivity index (χ0v) is 16.3. The molecule has 1 heterocycles. The number of carbonyl (C=O) groups excluding carboxylic acids is 2. The number of pyridine rings is 1. The van der Waals surface area contributed by atoms with Crippen LogP contribution in [0.4, 0.5) is 0 Å². The number of rotatable bonds is 6. The average molecular weight is 394 g/mol. The van der Waals surface area contributed by atoms with Crippen molar-refractivity contribution in [2.45, 2.75) is 32.9 Å². The van der Waals surface area contributed by atoms with E-state index in [1.54, 1.807) is 18.5 Å². The predicted octanol–water partition coefficient (Wildman–Crippen LogP) is 4.02. The van der Waals surface area contributed by atoms with Crippen LogP contribution in [-0.2, 0) is 4.79 Å². The SMILES string of the molecule is CC(NC(=O)C(NC(=O)c1ccc(Cl)cc1Cl)C(C)C)c1cccnc1. The summed E-state index contributed by atoms with van der Waals surface area (Å²) in [5, 5.41) is 6.34. The summed E-state index contributed by atoms with van der Waals surface area (Å²) in [5.74, 6) is -0.796. The third-order valence-electron chi connectivity index (χ3n) is 3.95. The Kier molecular flexibility index (Phi) is 7.00. The molecule has 2 rings (SSSR count). The van der Waals surface area contributed by atoms with E-state index in [1.807, 2.05) is 32.9 Å². The minimum Gasteiger partial charge on any atom is -0.348 e. The van der Waals surface area contributed by atoms with Crippen molar-refractivity contribution < 1.29 is 9.59 Å². The van der Waals surface area contributed by atoms with Gasteiger partial charge in [-0.1, -0.05) is 43.1 Å². The Morgan fingerprint density at radius 3 is 2.38 bits per heavy atom. The summed E-state index contributed by atoms with van der Waals surface area (Å²) in [6, 6.07) is 7.37. The van der Waals surface area contributed by atoms with Crippen molar-refractivity contribution in [1.82, 2.24) is 15.6 Å².